The number of carbonyl (C=O) groups is 1. The summed E-state index contributed by atoms with van der Waals surface area (Å²) in [6.45, 7) is 5.23. The number of anilines is 1. The summed E-state index contributed by atoms with van der Waals surface area (Å²) in [5.41, 5.74) is 6.90. The SMILES string of the molecule is CC(C)CCCCCCNC(=O)c1cc(N)ccc1Br. The van der Waals surface area contributed by atoms with Gasteiger partial charge in [0.15, 0.2) is 0 Å². The second-order valence-electron chi connectivity index (χ2n) is 5.59. The Morgan fingerprint density at radius 2 is 1.95 bits per heavy atom. The van der Waals surface area contributed by atoms with Gasteiger partial charge >= 0.3 is 0 Å². The molecule has 0 unspecified atom stereocenters. The van der Waals surface area contributed by atoms with E-state index in [-0.39, 0.29) is 5.91 Å². The molecule has 0 atom stereocenters. The highest BCUT2D eigenvalue weighted by molar-refractivity contribution is 9.10. The predicted molar refractivity (Wildman–Crippen MR) is 88.8 cm³/mol. The van der Waals surface area contributed by atoms with Crippen LogP contribution in [0.25, 0.3) is 0 Å². The molecule has 0 aliphatic heterocycles. The molecular weight excluding hydrogens is 316 g/mol. The highest BCUT2D eigenvalue weighted by atomic mass is 79.9. The summed E-state index contributed by atoms with van der Waals surface area (Å²) >= 11 is 3.37. The molecule has 0 radical (unpaired) electrons. The van der Waals surface area contributed by atoms with Gasteiger partial charge in [-0.25, -0.2) is 0 Å². The van der Waals surface area contributed by atoms with Crippen LogP contribution in [0.1, 0.15) is 56.3 Å². The molecule has 0 heterocycles. The van der Waals surface area contributed by atoms with Crippen molar-refractivity contribution >= 4 is 27.5 Å². The monoisotopic (exact) mass is 340 g/mol. The van der Waals surface area contributed by atoms with Crippen molar-refractivity contribution in [2.45, 2.75) is 46.0 Å². The lowest BCUT2D eigenvalue weighted by Crippen LogP contribution is -2.24. The van der Waals surface area contributed by atoms with Gasteiger partial charge < -0.3 is 11.1 Å². The van der Waals surface area contributed by atoms with Crippen LogP contribution in [0.4, 0.5) is 5.69 Å². The number of hydrogen-bond donors (Lipinski definition) is 2. The van der Waals surface area contributed by atoms with Gasteiger partial charge in [0.25, 0.3) is 5.91 Å². The van der Waals surface area contributed by atoms with Gasteiger partial charge in [-0.05, 0) is 46.5 Å². The van der Waals surface area contributed by atoms with Crippen molar-refractivity contribution in [3.05, 3.63) is 28.2 Å². The molecule has 1 aromatic carbocycles. The summed E-state index contributed by atoms with van der Waals surface area (Å²) < 4.78 is 0.779. The van der Waals surface area contributed by atoms with Gasteiger partial charge in [0.1, 0.15) is 0 Å². The number of nitrogens with one attached hydrogen (secondary N) is 1. The third-order valence-electron chi connectivity index (χ3n) is 3.23. The minimum atomic E-state index is -0.0636. The smallest absolute Gasteiger partial charge is 0.252 e. The van der Waals surface area contributed by atoms with E-state index < -0.39 is 0 Å². The van der Waals surface area contributed by atoms with Gasteiger partial charge in [-0.3, -0.25) is 4.79 Å². The highest BCUT2D eigenvalue weighted by Gasteiger charge is 2.09. The number of hydrogen-bond acceptors (Lipinski definition) is 2. The minimum Gasteiger partial charge on any atom is -0.399 e. The van der Waals surface area contributed by atoms with Crippen molar-refractivity contribution in [3.8, 4) is 0 Å². The maximum absolute atomic E-state index is 12.0. The average molecular weight is 341 g/mol. The fourth-order valence-corrected chi connectivity index (χ4v) is 2.47. The van der Waals surface area contributed by atoms with E-state index >= 15 is 0 Å². The molecule has 0 bridgehead atoms. The van der Waals surface area contributed by atoms with Gasteiger partial charge in [-0.2, -0.15) is 0 Å². The maximum atomic E-state index is 12.0. The van der Waals surface area contributed by atoms with E-state index in [1.54, 1.807) is 18.2 Å². The molecular formula is C16H25BrN2O. The van der Waals surface area contributed by atoms with Crippen LogP contribution >= 0.6 is 15.9 Å². The second-order valence-corrected chi connectivity index (χ2v) is 6.45. The Balaban J connectivity index is 2.22. The van der Waals surface area contributed by atoms with Crippen LogP contribution < -0.4 is 11.1 Å². The zero-order chi connectivity index (χ0) is 15.0. The van der Waals surface area contributed by atoms with Gasteiger partial charge in [0, 0.05) is 16.7 Å². The molecule has 20 heavy (non-hydrogen) atoms. The summed E-state index contributed by atoms with van der Waals surface area (Å²) in [6.07, 6.45) is 6.03. The molecule has 0 saturated heterocycles. The maximum Gasteiger partial charge on any atom is 0.252 e. The summed E-state index contributed by atoms with van der Waals surface area (Å²) in [5.74, 6) is 0.724. The fraction of sp³-hybridized carbons (Fsp3) is 0.562. The molecule has 1 rings (SSSR count). The number of nitrogens with two attached hydrogens (primary N) is 1. The average Bonchev–Trinajstić information content (AvgIpc) is 2.39. The number of amides is 1. The quantitative estimate of drug-likeness (QED) is 0.545. The Kier molecular flexibility index (Phi) is 7.67. The molecule has 112 valence electrons. The summed E-state index contributed by atoms with van der Waals surface area (Å²) in [6, 6.07) is 5.27. The van der Waals surface area contributed by atoms with E-state index in [9.17, 15) is 4.79 Å². The number of unbranched alkanes of at least 4 members (excludes halogenated alkanes) is 3. The van der Waals surface area contributed by atoms with E-state index in [1.165, 1.54) is 25.7 Å². The molecule has 0 aromatic heterocycles. The van der Waals surface area contributed by atoms with E-state index in [0.717, 1.165) is 23.4 Å². The van der Waals surface area contributed by atoms with Crippen LogP contribution in [0.2, 0.25) is 0 Å². The lowest BCUT2D eigenvalue weighted by atomic mass is 10.0. The number of carbonyl (C=O) groups excluding carboxylic acids is 1. The Bertz CT molecular complexity index is 432. The van der Waals surface area contributed by atoms with Gasteiger partial charge in [0.05, 0.1) is 5.56 Å². The summed E-state index contributed by atoms with van der Waals surface area (Å²) in [5, 5.41) is 2.94. The van der Waals surface area contributed by atoms with Crippen molar-refractivity contribution in [2.24, 2.45) is 5.92 Å². The zero-order valence-electron chi connectivity index (χ0n) is 12.4. The molecule has 1 aromatic rings. The Morgan fingerprint density at radius 3 is 2.65 bits per heavy atom. The molecule has 0 aliphatic rings. The van der Waals surface area contributed by atoms with E-state index in [1.807, 2.05) is 0 Å². The Labute approximate surface area is 130 Å². The first-order chi connectivity index (χ1) is 9.50. The van der Waals surface area contributed by atoms with E-state index in [2.05, 4.69) is 35.1 Å². The molecule has 4 heteroatoms. The number of rotatable bonds is 8. The second kappa shape index (κ2) is 9.01. The molecule has 3 nitrogen and oxygen atoms in total. The van der Waals surface area contributed by atoms with Crippen LogP contribution in [0.5, 0.6) is 0 Å². The van der Waals surface area contributed by atoms with Crippen LogP contribution in [0.15, 0.2) is 22.7 Å². The third kappa shape index (κ3) is 6.42. The van der Waals surface area contributed by atoms with Crippen molar-refractivity contribution < 1.29 is 4.79 Å². The van der Waals surface area contributed by atoms with Gasteiger partial charge in [-0.15, -0.1) is 0 Å². The first-order valence-corrected chi connectivity index (χ1v) is 8.13. The lowest BCUT2D eigenvalue weighted by Gasteiger charge is -2.08. The van der Waals surface area contributed by atoms with Crippen LogP contribution in [-0.2, 0) is 0 Å². The fourth-order valence-electron chi connectivity index (χ4n) is 2.05. The van der Waals surface area contributed by atoms with E-state index in [4.69, 9.17) is 5.73 Å². The number of halogens is 1. The summed E-state index contributed by atoms with van der Waals surface area (Å²) in [4.78, 5) is 12.0. The first kappa shape index (κ1) is 17.0. The normalized spacial score (nSPS) is 10.8. The third-order valence-corrected chi connectivity index (χ3v) is 3.92. The Morgan fingerprint density at radius 1 is 1.25 bits per heavy atom. The van der Waals surface area contributed by atoms with Crippen LogP contribution in [-0.4, -0.2) is 12.5 Å². The molecule has 0 saturated carbocycles. The predicted octanol–water partition coefficient (Wildman–Crippen LogP) is 4.37. The number of nitrogen functional groups attached to an aromatic ring is 1. The molecule has 0 fully saturated rings. The van der Waals surface area contributed by atoms with Crippen molar-refractivity contribution in [1.29, 1.82) is 0 Å². The van der Waals surface area contributed by atoms with Crippen molar-refractivity contribution in [3.63, 3.8) is 0 Å². The van der Waals surface area contributed by atoms with Crippen LogP contribution in [0.3, 0.4) is 0 Å². The van der Waals surface area contributed by atoms with Gasteiger partial charge in [0.2, 0.25) is 0 Å². The standard InChI is InChI=1S/C16H25BrN2O/c1-12(2)7-5-3-4-6-10-19-16(20)14-11-13(18)8-9-15(14)17/h8-9,11-12H,3-7,10,18H2,1-2H3,(H,19,20). The molecule has 0 spiro atoms. The molecule has 1 amide bonds. The summed E-state index contributed by atoms with van der Waals surface area (Å²) in [7, 11) is 0. The lowest BCUT2D eigenvalue weighted by molar-refractivity contribution is 0.0952. The zero-order valence-corrected chi connectivity index (χ0v) is 14.0. The van der Waals surface area contributed by atoms with E-state index in [0.29, 0.717) is 11.3 Å². The van der Waals surface area contributed by atoms with Crippen LogP contribution in [0, 0.1) is 5.92 Å². The minimum absolute atomic E-state index is 0.0636. The Hall–Kier alpha value is -1.03. The largest absolute Gasteiger partial charge is 0.399 e. The van der Waals surface area contributed by atoms with Crippen molar-refractivity contribution in [2.75, 3.05) is 12.3 Å². The molecule has 0 aliphatic carbocycles. The van der Waals surface area contributed by atoms with Gasteiger partial charge in [-0.1, -0.05) is 39.5 Å². The van der Waals surface area contributed by atoms with Crippen molar-refractivity contribution in [1.82, 2.24) is 5.32 Å². The first-order valence-electron chi connectivity index (χ1n) is 7.34. The molecule has 3 N–H and O–H groups in total. The highest BCUT2D eigenvalue weighted by Crippen LogP contribution is 2.19. The topological polar surface area (TPSA) is 55.1 Å². The number of benzene rings is 1.